The maximum atomic E-state index is 14.1. The fraction of sp³-hybridized carbons (Fsp3) is 0.400. The van der Waals surface area contributed by atoms with Crippen LogP contribution in [-0.2, 0) is 19.2 Å². The van der Waals surface area contributed by atoms with Crippen molar-refractivity contribution in [2.45, 2.75) is 27.7 Å². The van der Waals surface area contributed by atoms with Crippen molar-refractivity contribution in [3.05, 3.63) is 60.2 Å². The predicted octanol–water partition coefficient (Wildman–Crippen LogP) is 3.99. The molecule has 1 saturated carbocycles. The highest BCUT2D eigenvalue weighted by atomic mass is 16.5. The summed E-state index contributed by atoms with van der Waals surface area (Å²) in [6, 6.07) is 14.0. The Bertz CT molecular complexity index is 1320. The second-order valence-electron chi connectivity index (χ2n) is 10.5. The number of anilines is 2. The zero-order chi connectivity index (χ0) is 26.9. The number of nitrogens with zero attached hydrogens (tertiary/aromatic N) is 2. The summed E-state index contributed by atoms with van der Waals surface area (Å²) in [5.41, 5.74) is 0.671. The van der Waals surface area contributed by atoms with E-state index < -0.39 is 35.0 Å². The van der Waals surface area contributed by atoms with Crippen LogP contribution in [-0.4, -0.2) is 36.8 Å². The van der Waals surface area contributed by atoms with E-state index in [0.29, 0.717) is 36.1 Å². The zero-order valence-corrected chi connectivity index (χ0v) is 21.8. The molecule has 2 heterocycles. The average molecular weight is 515 g/mol. The van der Waals surface area contributed by atoms with E-state index in [9.17, 15) is 19.2 Å². The van der Waals surface area contributed by atoms with Crippen LogP contribution >= 0.6 is 0 Å². The zero-order valence-electron chi connectivity index (χ0n) is 21.8. The van der Waals surface area contributed by atoms with Crippen molar-refractivity contribution >= 4 is 35.0 Å². The summed E-state index contributed by atoms with van der Waals surface area (Å²) in [6.07, 6.45) is 1.95. The first-order chi connectivity index (χ1) is 18.3. The number of imide groups is 2. The molecule has 3 fully saturated rings. The lowest BCUT2D eigenvalue weighted by atomic mass is 9.45. The van der Waals surface area contributed by atoms with Crippen LogP contribution in [0.15, 0.2) is 60.2 Å². The van der Waals surface area contributed by atoms with Crippen molar-refractivity contribution in [1.82, 2.24) is 0 Å². The summed E-state index contributed by atoms with van der Waals surface area (Å²) in [5, 5.41) is 0. The third-order valence-corrected chi connectivity index (χ3v) is 8.93. The largest absolute Gasteiger partial charge is 0.492 e. The summed E-state index contributed by atoms with van der Waals surface area (Å²) in [6.45, 7) is 8.22. The minimum atomic E-state index is -0.992. The van der Waals surface area contributed by atoms with Gasteiger partial charge in [0.1, 0.15) is 11.5 Å². The van der Waals surface area contributed by atoms with E-state index in [1.165, 1.54) is 9.80 Å². The van der Waals surface area contributed by atoms with Crippen LogP contribution in [0, 0.1) is 35.0 Å². The number of carbonyl (C=O) groups is 4. The Morgan fingerprint density at radius 1 is 0.711 bits per heavy atom. The van der Waals surface area contributed by atoms with E-state index in [4.69, 9.17) is 9.47 Å². The highest BCUT2D eigenvalue weighted by molar-refractivity contribution is 6.27. The molecule has 3 aliphatic carbocycles. The van der Waals surface area contributed by atoms with E-state index in [0.717, 1.165) is 5.57 Å². The number of ether oxygens (including phenoxy) is 2. The SMILES string of the molecule is CCOc1ccccc1N1C(=O)C2[C@H](C1=O)C1C=C(C)C2(C)[C@@H]2C(=O)N(c3ccccc3OCC)C(=O)C12. The first kappa shape index (κ1) is 24.4. The molecule has 4 unspecified atom stereocenters. The molecule has 2 aliphatic heterocycles. The highest BCUT2D eigenvalue weighted by Crippen LogP contribution is 2.67. The average Bonchev–Trinajstić information content (AvgIpc) is 3.33. The molecule has 7 rings (SSSR count). The Labute approximate surface area is 221 Å². The number of carbonyl (C=O) groups excluding carboxylic acids is 4. The molecular weight excluding hydrogens is 484 g/mol. The van der Waals surface area contributed by atoms with Crippen molar-refractivity contribution in [3.63, 3.8) is 0 Å². The minimum absolute atomic E-state index is 0.348. The van der Waals surface area contributed by atoms with Gasteiger partial charge in [-0.3, -0.25) is 19.2 Å². The minimum Gasteiger partial charge on any atom is -0.492 e. The molecule has 8 heteroatoms. The molecule has 2 bridgehead atoms. The van der Waals surface area contributed by atoms with Gasteiger partial charge in [0.25, 0.3) is 0 Å². The molecule has 0 N–H and O–H groups in total. The number of allylic oxidation sites excluding steroid dienone is 2. The Kier molecular flexibility index (Phi) is 5.49. The van der Waals surface area contributed by atoms with Gasteiger partial charge < -0.3 is 9.47 Å². The van der Waals surface area contributed by atoms with Gasteiger partial charge in [0.15, 0.2) is 0 Å². The Balaban J connectivity index is 1.46. The molecule has 2 aromatic rings. The van der Waals surface area contributed by atoms with Crippen LogP contribution in [0.3, 0.4) is 0 Å². The van der Waals surface area contributed by atoms with Crippen molar-refractivity contribution in [2.24, 2.45) is 35.0 Å². The first-order valence-electron chi connectivity index (χ1n) is 13.2. The standard InChI is InChI=1S/C30H30N2O6/c1-5-37-20-13-9-7-11-18(20)31-26(33)22-17-15-16(3)30(4,24(22)28(31)35)25-23(17)27(34)32(29(25)36)19-12-8-10-14-21(19)38-6-2/h7-15,17,22-25H,5-6H2,1-4H3/t17?,22-,23?,24?,25+,30?/m1/s1. The van der Waals surface area contributed by atoms with E-state index in [2.05, 4.69) is 0 Å². The number of hydrogen-bond donors (Lipinski definition) is 0. The number of rotatable bonds is 6. The van der Waals surface area contributed by atoms with Gasteiger partial charge in [-0.2, -0.15) is 0 Å². The maximum absolute atomic E-state index is 14.1. The van der Waals surface area contributed by atoms with Gasteiger partial charge in [0.2, 0.25) is 23.6 Å². The third kappa shape index (κ3) is 2.97. The second-order valence-corrected chi connectivity index (χ2v) is 10.5. The number of para-hydroxylation sites is 4. The van der Waals surface area contributed by atoms with Gasteiger partial charge in [0, 0.05) is 11.3 Å². The van der Waals surface area contributed by atoms with Crippen molar-refractivity contribution in [3.8, 4) is 11.5 Å². The maximum Gasteiger partial charge on any atom is 0.238 e. The quantitative estimate of drug-likeness (QED) is 0.428. The lowest BCUT2D eigenvalue weighted by molar-refractivity contribution is -0.146. The number of amides is 4. The molecule has 196 valence electrons. The topological polar surface area (TPSA) is 93.2 Å². The van der Waals surface area contributed by atoms with Crippen molar-refractivity contribution < 1.29 is 28.7 Å². The molecule has 5 aliphatic rings. The van der Waals surface area contributed by atoms with E-state index in [1.807, 2.05) is 33.8 Å². The van der Waals surface area contributed by atoms with Crippen LogP contribution < -0.4 is 19.3 Å². The molecule has 2 saturated heterocycles. The van der Waals surface area contributed by atoms with E-state index in [-0.39, 0.29) is 23.6 Å². The number of hydrogen-bond acceptors (Lipinski definition) is 6. The monoisotopic (exact) mass is 514 g/mol. The fourth-order valence-corrected chi connectivity index (χ4v) is 7.32. The summed E-state index contributed by atoms with van der Waals surface area (Å²) in [5.74, 6) is -4.02. The summed E-state index contributed by atoms with van der Waals surface area (Å²) in [7, 11) is 0. The van der Waals surface area contributed by atoms with Crippen LogP contribution in [0.5, 0.6) is 11.5 Å². The molecule has 0 aromatic heterocycles. The Hall–Kier alpha value is -3.94. The first-order valence-corrected chi connectivity index (χ1v) is 13.2. The van der Waals surface area contributed by atoms with E-state index >= 15 is 0 Å². The van der Waals surface area contributed by atoms with Gasteiger partial charge in [-0.15, -0.1) is 0 Å². The van der Waals surface area contributed by atoms with Gasteiger partial charge in [-0.05, 0) is 45.0 Å². The van der Waals surface area contributed by atoms with Crippen LogP contribution in [0.4, 0.5) is 11.4 Å². The van der Waals surface area contributed by atoms with E-state index in [1.54, 1.807) is 48.5 Å². The van der Waals surface area contributed by atoms with Crippen LogP contribution in [0.25, 0.3) is 0 Å². The Morgan fingerprint density at radius 3 is 1.55 bits per heavy atom. The molecule has 0 radical (unpaired) electrons. The molecule has 0 spiro atoms. The van der Waals surface area contributed by atoms with Crippen molar-refractivity contribution in [2.75, 3.05) is 23.0 Å². The van der Waals surface area contributed by atoms with Crippen molar-refractivity contribution in [1.29, 1.82) is 0 Å². The third-order valence-electron chi connectivity index (χ3n) is 8.93. The normalized spacial score (nSPS) is 31.5. The van der Waals surface area contributed by atoms with Gasteiger partial charge in [-0.25, -0.2) is 9.80 Å². The summed E-state index contributed by atoms with van der Waals surface area (Å²) < 4.78 is 11.5. The lowest BCUT2D eigenvalue weighted by Crippen LogP contribution is -2.58. The summed E-state index contributed by atoms with van der Waals surface area (Å²) >= 11 is 0. The molecule has 6 atom stereocenters. The fourth-order valence-electron chi connectivity index (χ4n) is 7.32. The number of benzene rings is 2. The van der Waals surface area contributed by atoms with Gasteiger partial charge >= 0.3 is 0 Å². The van der Waals surface area contributed by atoms with Gasteiger partial charge in [-0.1, -0.05) is 42.8 Å². The second kappa shape index (κ2) is 8.55. The highest BCUT2D eigenvalue weighted by Gasteiger charge is 2.74. The summed E-state index contributed by atoms with van der Waals surface area (Å²) in [4.78, 5) is 58.7. The molecule has 4 amide bonds. The molecule has 8 nitrogen and oxygen atoms in total. The molecule has 38 heavy (non-hydrogen) atoms. The Morgan fingerprint density at radius 2 is 1.13 bits per heavy atom. The van der Waals surface area contributed by atoms with Crippen LogP contribution in [0.1, 0.15) is 27.7 Å². The lowest BCUT2D eigenvalue weighted by Gasteiger charge is -2.54. The smallest absolute Gasteiger partial charge is 0.238 e. The predicted molar refractivity (Wildman–Crippen MR) is 140 cm³/mol. The van der Waals surface area contributed by atoms with Gasteiger partial charge in [0.05, 0.1) is 48.3 Å². The molecule has 2 aromatic carbocycles. The molecular formula is C30H30N2O6. The van der Waals surface area contributed by atoms with Crippen LogP contribution in [0.2, 0.25) is 0 Å².